The number of benzene rings is 2. The number of ether oxygens (including phenoxy) is 2. The molecule has 9 nitrogen and oxygen atoms in total. The first-order valence-corrected chi connectivity index (χ1v) is 13.8. The van der Waals surface area contributed by atoms with E-state index in [0.29, 0.717) is 22.4 Å². The van der Waals surface area contributed by atoms with Crippen LogP contribution < -0.4 is 14.8 Å². The molecule has 0 radical (unpaired) electrons. The highest BCUT2D eigenvalue weighted by atomic mass is 32.2. The molecule has 190 valence electrons. The highest BCUT2D eigenvalue weighted by Crippen LogP contribution is 2.32. The SMILES string of the molecule is O=C(CS(=O)(=O)c1cn(CC(=O)N2CCCCCC2)c2ccccc12)NCc1ccc2c(c1)OCO2. The molecule has 1 aromatic heterocycles. The first-order valence-electron chi connectivity index (χ1n) is 12.1. The van der Waals surface area contributed by atoms with Gasteiger partial charge in [-0.05, 0) is 36.6 Å². The van der Waals surface area contributed by atoms with Crippen molar-refractivity contribution in [1.29, 1.82) is 0 Å². The lowest BCUT2D eigenvalue weighted by Gasteiger charge is -2.20. The second kappa shape index (κ2) is 10.2. The second-order valence-corrected chi connectivity index (χ2v) is 11.1. The van der Waals surface area contributed by atoms with Crippen LogP contribution in [-0.4, -0.2) is 55.3 Å². The number of hydrogen-bond acceptors (Lipinski definition) is 6. The third-order valence-electron chi connectivity index (χ3n) is 6.60. The van der Waals surface area contributed by atoms with Crippen LogP contribution in [0.25, 0.3) is 10.9 Å². The predicted octanol–water partition coefficient (Wildman–Crippen LogP) is 2.86. The van der Waals surface area contributed by atoms with Gasteiger partial charge in [-0.25, -0.2) is 8.42 Å². The molecule has 0 bridgehead atoms. The molecule has 1 fully saturated rings. The molecular weight excluding hydrogens is 482 g/mol. The van der Waals surface area contributed by atoms with Gasteiger partial charge < -0.3 is 24.3 Å². The van der Waals surface area contributed by atoms with Crippen molar-refractivity contribution in [3.63, 3.8) is 0 Å². The number of likely N-dealkylation sites (tertiary alicyclic amines) is 1. The summed E-state index contributed by atoms with van der Waals surface area (Å²) in [7, 11) is -3.95. The van der Waals surface area contributed by atoms with E-state index in [1.54, 1.807) is 41.0 Å². The summed E-state index contributed by atoms with van der Waals surface area (Å²) >= 11 is 0. The number of carbonyl (C=O) groups is 2. The van der Waals surface area contributed by atoms with E-state index in [-0.39, 0.29) is 30.7 Å². The van der Waals surface area contributed by atoms with Crippen LogP contribution in [0.1, 0.15) is 31.2 Å². The number of nitrogens with zero attached hydrogens (tertiary/aromatic N) is 2. The zero-order chi connectivity index (χ0) is 25.1. The molecule has 2 amide bonds. The number of nitrogens with one attached hydrogen (secondary N) is 1. The van der Waals surface area contributed by atoms with E-state index >= 15 is 0 Å². The summed E-state index contributed by atoms with van der Waals surface area (Å²) in [4.78, 5) is 27.5. The molecule has 2 aliphatic rings. The largest absolute Gasteiger partial charge is 0.454 e. The van der Waals surface area contributed by atoms with Crippen molar-refractivity contribution >= 4 is 32.6 Å². The minimum Gasteiger partial charge on any atom is -0.454 e. The first-order chi connectivity index (χ1) is 17.4. The third kappa shape index (κ3) is 5.18. The molecule has 2 aromatic carbocycles. The molecule has 36 heavy (non-hydrogen) atoms. The summed E-state index contributed by atoms with van der Waals surface area (Å²) < 4.78 is 38.8. The summed E-state index contributed by atoms with van der Waals surface area (Å²) in [6.45, 7) is 1.84. The van der Waals surface area contributed by atoms with Crippen molar-refractivity contribution in [2.24, 2.45) is 0 Å². The fourth-order valence-electron chi connectivity index (χ4n) is 4.71. The molecule has 3 aromatic rings. The lowest BCUT2D eigenvalue weighted by atomic mass is 10.2. The number of aromatic nitrogens is 1. The van der Waals surface area contributed by atoms with Crippen LogP contribution in [0.3, 0.4) is 0 Å². The van der Waals surface area contributed by atoms with Crippen molar-refractivity contribution in [3.8, 4) is 11.5 Å². The summed E-state index contributed by atoms with van der Waals surface area (Å²) in [5, 5.41) is 3.17. The molecule has 0 atom stereocenters. The van der Waals surface area contributed by atoms with E-state index in [2.05, 4.69) is 5.32 Å². The molecular formula is C26H29N3O6S. The van der Waals surface area contributed by atoms with Gasteiger partial charge in [-0.1, -0.05) is 37.1 Å². The Kier molecular flexibility index (Phi) is 6.86. The van der Waals surface area contributed by atoms with Crippen molar-refractivity contribution in [2.45, 2.75) is 43.7 Å². The van der Waals surface area contributed by atoms with Gasteiger partial charge in [-0.15, -0.1) is 0 Å². The number of amides is 2. The monoisotopic (exact) mass is 511 g/mol. The number of carbonyl (C=O) groups excluding carboxylic acids is 2. The Balaban J connectivity index is 1.30. The van der Waals surface area contributed by atoms with Crippen LogP contribution in [0.4, 0.5) is 0 Å². The fourth-order valence-corrected chi connectivity index (χ4v) is 6.11. The van der Waals surface area contributed by atoms with Crippen molar-refractivity contribution in [3.05, 3.63) is 54.2 Å². The Hall–Kier alpha value is -3.53. The zero-order valence-corrected chi connectivity index (χ0v) is 20.8. The number of rotatable bonds is 7. The number of hydrogen-bond donors (Lipinski definition) is 1. The van der Waals surface area contributed by atoms with E-state index < -0.39 is 21.5 Å². The van der Waals surface area contributed by atoms with Gasteiger partial charge in [0.15, 0.2) is 21.3 Å². The van der Waals surface area contributed by atoms with Crippen LogP contribution in [0.5, 0.6) is 11.5 Å². The van der Waals surface area contributed by atoms with Crippen LogP contribution in [0.2, 0.25) is 0 Å². The Morgan fingerprint density at radius 1 is 0.944 bits per heavy atom. The predicted molar refractivity (Wildman–Crippen MR) is 133 cm³/mol. The van der Waals surface area contributed by atoms with Crippen LogP contribution in [0.15, 0.2) is 53.6 Å². The average Bonchev–Trinajstić information content (AvgIpc) is 3.37. The maximum atomic E-state index is 13.3. The Labute approximate surface area is 209 Å². The minimum absolute atomic E-state index is 0.0249. The smallest absolute Gasteiger partial charge is 0.242 e. The Bertz CT molecular complexity index is 1390. The Morgan fingerprint density at radius 3 is 2.50 bits per heavy atom. The van der Waals surface area contributed by atoms with Gasteiger partial charge in [-0.2, -0.15) is 0 Å². The van der Waals surface area contributed by atoms with Crippen LogP contribution >= 0.6 is 0 Å². The van der Waals surface area contributed by atoms with E-state index in [9.17, 15) is 18.0 Å². The summed E-state index contributed by atoms with van der Waals surface area (Å²) in [5.41, 5.74) is 1.42. The highest BCUT2D eigenvalue weighted by molar-refractivity contribution is 7.92. The number of para-hydroxylation sites is 1. The van der Waals surface area contributed by atoms with Crippen LogP contribution in [0, 0.1) is 0 Å². The van der Waals surface area contributed by atoms with Crippen LogP contribution in [-0.2, 0) is 32.5 Å². The molecule has 2 aliphatic heterocycles. The third-order valence-corrected chi connectivity index (χ3v) is 8.24. The molecule has 0 spiro atoms. The van der Waals surface area contributed by atoms with Gasteiger partial charge in [0.05, 0.1) is 4.90 Å². The van der Waals surface area contributed by atoms with E-state index in [4.69, 9.17) is 9.47 Å². The van der Waals surface area contributed by atoms with E-state index in [1.165, 1.54) is 6.20 Å². The van der Waals surface area contributed by atoms with Crippen molar-refractivity contribution in [1.82, 2.24) is 14.8 Å². The lowest BCUT2D eigenvalue weighted by molar-refractivity contribution is -0.131. The molecule has 0 unspecified atom stereocenters. The minimum atomic E-state index is -3.95. The summed E-state index contributed by atoms with van der Waals surface area (Å²) in [6.07, 6.45) is 5.70. The van der Waals surface area contributed by atoms with Gasteiger partial charge in [0.25, 0.3) is 0 Å². The molecule has 1 N–H and O–H groups in total. The number of fused-ring (bicyclic) bond motifs is 2. The molecule has 10 heteroatoms. The van der Waals surface area contributed by atoms with Gasteiger partial charge >= 0.3 is 0 Å². The molecule has 5 rings (SSSR count). The van der Waals surface area contributed by atoms with Gasteiger partial charge in [0.2, 0.25) is 18.6 Å². The lowest BCUT2D eigenvalue weighted by Crippen LogP contribution is -2.34. The van der Waals surface area contributed by atoms with E-state index in [0.717, 1.165) is 44.3 Å². The standard InChI is InChI=1S/C26H29N3O6S/c30-25(27-14-19-9-10-22-23(13-19)35-18-34-22)17-36(32,33)24-15-29(21-8-4-3-7-20(21)24)16-26(31)28-11-5-1-2-6-12-28/h3-4,7-10,13,15H,1-2,5-6,11-12,14,16-18H2,(H,27,30). The van der Waals surface area contributed by atoms with Gasteiger partial charge in [0, 0.05) is 36.7 Å². The average molecular weight is 512 g/mol. The quantitative estimate of drug-likeness (QED) is 0.523. The molecule has 0 saturated carbocycles. The molecule has 3 heterocycles. The van der Waals surface area contributed by atoms with Crippen molar-refractivity contribution in [2.75, 3.05) is 25.6 Å². The highest BCUT2D eigenvalue weighted by Gasteiger charge is 2.26. The van der Waals surface area contributed by atoms with Crippen molar-refractivity contribution < 1.29 is 27.5 Å². The zero-order valence-electron chi connectivity index (χ0n) is 19.9. The Morgan fingerprint density at radius 2 is 1.69 bits per heavy atom. The second-order valence-electron chi connectivity index (χ2n) is 9.16. The maximum absolute atomic E-state index is 13.3. The topological polar surface area (TPSA) is 107 Å². The summed E-state index contributed by atoms with van der Waals surface area (Å²) in [5.74, 6) is -0.0884. The molecule has 0 aliphatic carbocycles. The summed E-state index contributed by atoms with van der Waals surface area (Å²) in [6, 6.07) is 12.4. The maximum Gasteiger partial charge on any atom is 0.242 e. The normalized spacial score (nSPS) is 15.6. The van der Waals surface area contributed by atoms with Gasteiger partial charge in [-0.3, -0.25) is 9.59 Å². The van der Waals surface area contributed by atoms with E-state index in [1.807, 2.05) is 11.0 Å². The molecule has 1 saturated heterocycles. The van der Waals surface area contributed by atoms with Gasteiger partial charge in [0.1, 0.15) is 12.3 Å². The first kappa shape index (κ1) is 24.2. The fraction of sp³-hybridized carbons (Fsp3) is 0.385. The number of sulfone groups is 1.